The molecule has 2 heterocycles. The quantitative estimate of drug-likeness (QED) is 0.892. The minimum Gasteiger partial charge on any atom is -0.481 e. The number of aromatic nitrogens is 1. The molecule has 24 heavy (non-hydrogen) atoms. The largest absolute Gasteiger partial charge is 0.481 e. The summed E-state index contributed by atoms with van der Waals surface area (Å²) in [6.45, 7) is 2.81. The van der Waals surface area contributed by atoms with Crippen LogP contribution >= 0.6 is 11.3 Å². The van der Waals surface area contributed by atoms with Crippen LogP contribution in [0.25, 0.3) is 10.6 Å². The lowest BCUT2D eigenvalue weighted by Gasteiger charge is -2.30. The van der Waals surface area contributed by atoms with Crippen molar-refractivity contribution in [2.75, 3.05) is 18.4 Å². The van der Waals surface area contributed by atoms with Gasteiger partial charge in [-0.15, -0.1) is 11.3 Å². The number of amides is 2. The number of benzene rings is 1. The number of hydrogen-bond acceptors (Lipinski definition) is 4. The molecule has 1 aromatic carbocycles. The molecular formula is C17H19N3O3S. The Morgan fingerprint density at radius 2 is 2.08 bits per heavy atom. The molecule has 7 heteroatoms. The first-order valence-corrected chi connectivity index (χ1v) is 8.72. The molecule has 126 valence electrons. The molecule has 1 fully saturated rings. The number of aliphatic carboxylic acids is 1. The van der Waals surface area contributed by atoms with Gasteiger partial charge < -0.3 is 15.3 Å². The van der Waals surface area contributed by atoms with E-state index in [-0.39, 0.29) is 12.6 Å². The second kappa shape index (κ2) is 7.00. The molecule has 0 spiro atoms. The maximum atomic E-state index is 12.3. The Bertz CT molecular complexity index is 742. The molecule has 2 N–H and O–H groups in total. The summed E-state index contributed by atoms with van der Waals surface area (Å²) < 4.78 is 0. The van der Waals surface area contributed by atoms with Crippen molar-refractivity contribution in [3.8, 4) is 10.6 Å². The molecule has 1 atom stereocenters. The lowest BCUT2D eigenvalue weighted by atomic mass is 9.99. The number of carbonyl (C=O) groups is 2. The van der Waals surface area contributed by atoms with E-state index in [2.05, 4.69) is 10.3 Å². The number of rotatable bonds is 3. The first kappa shape index (κ1) is 16.4. The molecule has 2 amide bonds. The van der Waals surface area contributed by atoms with Crippen molar-refractivity contribution in [2.45, 2.75) is 19.8 Å². The Hall–Kier alpha value is -2.41. The van der Waals surface area contributed by atoms with Crippen molar-refractivity contribution in [2.24, 2.45) is 5.92 Å². The fourth-order valence-electron chi connectivity index (χ4n) is 2.75. The highest BCUT2D eigenvalue weighted by atomic mass is 32.1. The van der Waals surface area contributed by atoms with Gasteiger partial charge in [-0.3, -0.25) is 4.79 Å². The van der Waals surface area contributed by atoms with E-state index < -0.39 is 11.9 Å². The molecule has 1 aromatic heterocycles. The number of carboxylic acid groups (broad SMARTS) is 1. The molecule has 6 nitrogen and oxygen atoms in total. The van der Waals surface area contributed by atoms with Crippen molar-refractivity contribution in [3.05, 3.63) is 35.3 Å². The predicted molar refractivity (Wildman–Crippen MR) is 93.2 cm³/mol. The monoisotopic (exact) mass is 345 g/mol. The summed E-state index contributed by atoms with van der Waals surface area (Å²) in [6.07, 6.45) is 1.34. The van der Waals surface area contributed by atoms with E-state index in [0.717, 1.165) is 16.3 Å². The molecule has 0 aliphatic carbocycles. The number of anilines is 1. The average Bonchev–Trinajstić information content (AvgIpc) is 3.02. The lowest BCUT2D eigenvalue weighted by molar-refractivity contribution is -0.143. The van der Waals surface area contributed by atoms with Crippen LogP contribution in [0.5, 0.6) is 0 Å². The number of carboxylic acids is 1. The summed E-state index contributed by atoms with van der Waals surface area (Å²) in [7, 11) is 0. The highest BCUT2D eigenvalue weighted by molar-refractivity contribution is 7.13. The zero-order chi connectivity index (χ0) is 17.1. The van der Waals surface area contributed by atoms with Crippen LogP contribution in [0.2, 0.25) is 0 Å². The molecule has 3 rings (SSSR count). The summed E-state index contributed by atoms with van der Waals surface area (Å²) >= 11 is 1.59. The van der Waals surface area contributed by atoms with E-state index >= 15 is 0 Å². The van der Waals surface area contributed by atoms with Crippen LogP contribution in [-0.4, -0.2) is 40.1 Å². The van der Waals surface area contributed by atoms with E-state index in [1.165, 1.54) is 0 Å². The molecule has 0 radical (unpaired) electrons. The van der Waals surface area contributed by atoms with Crippen LogP contribution in [0, 0.1) is 12.8 Å². The second-order valence-corrected chi connectivity index (χ2v) is 6.78. The molecule has 1 aliphatic heterocycles. The van der Waals surface area contributed by atoms with Crippen LogP contribution in [0.15, 0.2) is 29.6 Å². The molecule has 0 bridgehead atoms. The minimum absolute atomic E-state index is 0.251. The van der Waals surface area contributed by atoms with E-state index in [0.29, 0.717) is 25.1 Å². The van der Waals surface area contributed by atoms with Gasteiger partial charge in [0.25, 0.3) is 0 Å². The van der Waals surface area contributed by atoms with Gasteiger partial charge in [-0.1, -0.05) is 0 Å². The lowest BCUT2D eigenvalue weighted by Crippen LogP contribution is -2.44. The summed E-state index contributed by atoms with van der Waals surface area (Å²) in [6, 6.07) is 7.26. The number of piperidine rings is 1. The molecule has 1 aliphatic rings. The standard InChI is InChI=1S/C17H19N3O3S/c1-11-10-24-15(18-11)12-4-6-14(7-5-12)19-17(23)20-8-2-3-13(9-20)16(21)22/h4-7,10,13H,2-3,8-9H2,1H3,(H,19,23)(H,21,22). The van der Waals surface area contributed by atoms with E-state index in [4.69, 9.17) is 5.11 Å². The topological polar surface area (TPSA) is 82.5 Å². The summed E-state index contributed by atoms with van der Waals surface area (Å²) in [5.74, 6) is -1.31. The number of hydrogen-bond donors (Lipinski definition) is 2. The summed E-state index contributed by atoms with van der Waals surface area (Å²) in [5.41, 5.74) is 2.69. The number of likely N-dealkylation sites (tertiary alicyclic amines) is 1. The van der Waals surface area contributed by atoms with Gasteiger partial charge in [-0.2, -0.15) is 0 Å². The molecule has 0 saturated carbocycles. The van der Waals surface area contributed by atoms with Gasteiger partial charge in [-0.05, 0) is 44.0 Å². The number of thiazole rings is 1. The fourth-order valence-corrected chi connectivity index (χ4v) is 3.55. The van der Waals surface area contributed by atoms with Crippen molar-refractivity contribution in [3.63, 3.8) is 0 Å². The molecule has 1 unspecified atom stereocenters. The van der Waals surface area contributed by atoms with Crippen LogP contribution in [0.1, 0.15) is 18.5 Å². The first-order valence-electron chi connectivity index (χ1n) is 7.84. The van der Waals surface area contributed by atoms with Gasteiger partial charge >= 0.3 is 12.0 Å². The van der Waals surface area contributed by atoms with Gasteiger partial charge in [0, 0.05) is 35.4 Å². The Kier molecular flexibility index (Phi) is 4.80. The number of nitrogens with zero attached hydrogens (tertiary/aromatic N) is 2. The second-order valence-electron chi connectivity index (χ2n) is 5.92. The third-order valence-corrected chi connectivity index (χ3v) is 5.07. The maximum absolute atomic E-state index is 12.3. The third-order valence-electron chi connectivity index (χ3n) is 4.06. The van der Waals surface area contributed by atoms with Crippen molar-refractivity contribution in [1.82, 2.24) is 9.88 Å². The third kappa shape index (κ3) is 3.73. The Morgan fingerprint density at radius 1 is 1.33 bits per heavy atom. The zero-order valence-corrected chi connectivity index (χ0v) is 14.2. The highest BCUT2D eigenvalue weighted by Gasteiger charge is 2.28. The SMILES string of the molecule is Cc1csc(-c2ccc(NC(=O)N3CCCC(C(=O)O)C3)cc2)n1. The minimum atomic E-state index is -0.837. The smallest absolute Gasteiger partial charge is 0.321 e. The Morgan fingerprint density at radius 3 is 2.71 bits per heavy atom. The molecular weight excluding hydrogens is 326 g/mol. The van der Waals surface area contributed by atoms with Gasteiger partial charge in [0.05, 0.1) is 5.92 Å². The first-order chi connectivity index (χ1) is 11.5. The van der Waals surface area contributed by atoms with Crippen molar-refractivity contribution >= 4 is 29.0 Å². The predicted octanol–water partition coefficient (Wildman–Crippen LogP) is 3.45. The van der Waals surface area contributed by atoms with Gasteiger partial charge in [0.2, 0.25) is 0 Å². The van der Waals surface area contributed by atoms with Crippen LogP contribution in [0.4, 0.5) is 10.5 Å². The number of urea groups is 1. The van der Waals surface area contributed by atoms with E-state index in [9.17, 15) is 9.59 Å². The van der Waals surface area contributed by atoms with Crippen LogP contribution in [-0.2, 0) is 4.79 Å². The normalized spacial score (nSPS) is 17.5. The molecule has 1 saturated heterocycles. The number of aryl methyl sites for hydroxylation is 1. The van der Waals surface area contributed by atoms with Crippen LogP contribution in [0.3, 0.4) is 0 Å². The number of carbonyl (C=O) groups excluding carboxylic acids is 1. The van der Waals surface area contributed by atoms with Crippen molar-refractivity contribution < 1.29 is 14.7 Å². The van der Waals surface area contributed by atoms with Gasteiger partial charge in [0.15, 0.2) is 0 Å². The molecule has 2 aromatic rings. The summed E-state index contributed by atoms with van der Waals surface area (Å²) in [5, 5.41) is 14.9. The number of nitrogens with one attached hydrogen (secondary N) is 1. The van der Waals surface area contributed by atoms with Gasteiger partial charge in [0.1, 0.15) is 5.01 Å². The highest BCUT2D eigenvalue weighted by Crippen LogP contribution is 2.25. The van der Waals surface area contributed by atoms with Crippen LogP contribution < -0.4 is 5.32 Å². The fraction of sp³-hybridized carbons (Fsp3) is 0.353. The summed E-state index contributed by atoms with van der Waals surface area (Å²) in [4.78, 5) is 29.4. The zero-order valence-electron chi connectivity index (χ0n) is 13.4. The Balaban J connectivity index is 1.63. The maximum Gasteiger partial charge on any atom is 0.321 e. The Labute approximate surface area is 144 Å². The van der Waals surface area contributed by atoms with E-state index in [1.807, 2.05) is 36.6 Å². The average molecular weight is 345 g/mol. The van der Waals surface area contributed by atoms with Gasteiger partial charge in [-0.25, -0.2) is 9.78 Å². The van der Waals surface area contributed by atoms with E-state index in [1.54, 1.807) is 16.2 Å². The van der Waals surface area contributed by atoms with Crippen molar-refractivity contribution in [1.29, 1.82) is 0 Å².